The quantitative estimate of drug-likeness (QED) is 0.0119. The highest BCUT2D eigenvalue weighted by atomic mass is 16.8. The first-order valence-electron chi connectivity index (χ1n) is 52.0. The molecule has 0 bridgehead atoms. The number of aldehydes is 1. The Kier molecular flexibility index (Phi) is 38.3. The van der Waals surface area contributed by atoms with E-state index in [0.29, 0.717) is 51.4 Å². The zero-order valence-electron chi connectivity index (χ0n) is 85.1. The van der Waals surface area contributed by atoms with Gasteiger partial charge in [-0.3, -0.25) is 14.4 Å². The molecule has 14 aliphatic rings. The highest BCUT2D eigenvalue weighted by Crippen LogP contribution is 2.76. The number of fused-ring (bicyclic) bond motifs is 7. The Bertz CT molecular complexity index is 4300. The average Bonchev–Trinajstić information content (AvgIpc) is 0.733. The van der Waals surface area contributed by atoms with Crippen LogP contribution in [0.5, 0.6) is 0 Å². The molecule has 0 radical (unpaired) electrons. The molecule has 9 saturated heterocycles. The Morgan fingerprint density at radius 2 is 1.03 bits per heavy atom. The number of rotatable bonds is 38. The molecular formula is C99H163NO46. The van der Waals surface area contributed by atoms with Crippen LogP contribution in [0.2, 0.25) is 0 Å². The second-order valence-corrected chi connectivity index (χ2v) is 45.8. The van der Waals surface area contributed by atoms with Crippen LogP contribution in [0.25, 0.3) is 0 Å². The third-order valence-electron chi connectivity index (χ3n) is 35.9. The Balaban J connectivity index is 0.757. The van der Waals surface area contributed by atoms with Crippen LogP contribution < -0.4 is 5.32 Å². The number of amides is 1. The number of hydrogen-bond acceptors (Lipinski definition) is 46. The van der Waals surface area contributed by atoms with Crippen molar-refractivity contribution in [3.05, 3.63) is 11.6 Å². The van der Waals surface area contributed by atoms with Crippen molar-refractivity contribution in [2.24, 2.45) is 68.0 Å². The van der Waals surface area contributed by atoms with Gasteiger partial charge in [-0.05, 0) is 142 Å². The first-order chi connectivity index (χ1) is 68.7. The molecule has 0 aromatic heterocycles. The molecule has 0 aromatic rings. The topological polar surface area (TPSA) is 732 Å². The number of nitrogens with one attached hydrogen (secondary N) is 1. The average molecular weight is 2100 g/mol. The van der Waals surface area contributed by atoms with E-state index in [1.54, 1.807) is 13.8 Å². The normalized spacial score (nSPS) is 49.5. The summed E-state index contributed by atoms with van der Waals surface area (Å²) in [5, 5.41) is 275. The van der Waals surface area contributed by atoms with E-state index in [0.717, 1.165) is 11.9 Å². The van der Waals surface area contributed by atoms with Gasteiger partial charge in [0.05, 0.1) is 113 Å². The van der Waals surface area contributed by atoms with Gasteiger partial charge in [0.2, 0.25) is 12.2 Å². The number of aliphatic hydroxyl groups is 24. The first-order valence-corrected chi connectivity index (χ1v) is 52.0. The summed E-state index contributed by atoms with van der Waals surface area (Å²) in [4.78, 5) is 60.7. The predicted molar refractivity (Wildman–Crippen MR) is 493 cm³/mol. The summed E-state index contributed by atoms with van der Waals surface area (Å²) in [5.41, 5.74) is -7.73. The summed E-state index contributed by atoms with van der Waals surface area (Å²) in [7, 11) is 0. The number of ketones is 1. The fourth-order valence-corrected chi connectivity index (χ4v) is 26.2. The van der Waals surface area contributed by atoms with Gasteiger partial charge in [0.15, 0.2) is 56.4 Å². The molecule has 17 unspecified atom stereocenters. The van der Waals surface area contributed by atoms with E-state index in [4.69, 9.17) is 85.3 Å². The minimum absolute atomic E-state index is 0.0452. The lowest BCUT2D eigenvalue weighted by atomic mass is 9.33. The van der Waals surface area contributed by atoms with Crippen LogP contribution in [0.4, 0.5) is 0 Å². The molecule has 14 rings (SSSR count). The van der Waals surface area contributed by atoms with Crippen LogP contribution in [-0.4, -0.2) is 462 Å². The fourth-order valence-electron chi connectivity index (χ4n) is 26.2. The van der Waals surface area contributed by atoms with Crippen molar-refractivity contribution in [1.82, 2.24) is 5.32 Å². The maximum Gasteiger partial charge on any atom is 0.317 e. The van der Waals surface area contributed by atoms with E-state index in [9.17, 15) is 132 Å². The van der Waals surface area contributed by atoms with Gasteiger partial charge in [-0.25, -0.2) is 0 Å². The van der Waals surface area contributed by atoms with Crippen LogP contribution in [0.15, 0.2) is 11.6 Å². The summed E-state index contributed by atoms with van der Waals surface area (Å²) >= 11 is 0. The highest BCUT2D eigenvalue weighted by Gasteiger charge is 2.74. The van der Waals surface area contributed by atoms with Crippen molar-refractivity contribution >= 4 is 23.9 Å². The maximum absolute atomic E-state index is 16.9. The fraction of sp³-hybridized carbons (Fsp3) is 0.939. The Labute approximate surface area is 847 Å². The van der Waals surface area contributed by atoms with Crippen LogP contribution in [-0.2, 0) is 104 Å². The maximum atomic E-state index is 16.9. The van der Waals surface area contributed by atoms with Crippen molar-refractivity contribution in [3.63, 3.8) is 0 Å². The number of aliphatic hydroxyl groups excluding tert-OH is 23. The van der Waals surface area contributed by atoms with Crippen molar-refractivity contribution in [2.75, 3.05) is 46.2 Å². The van der Waals surface area contributed by atoms with Crippen LogP contribution in [0.1, 0.15) is 199 Å². The molecule has 5 aliphatic carbocycles. The number of Topliss-reactive ketones (excluding diaryl/α,β-unsaturated/α-hetero) is 1. The molecule has 4 saturated carbocycles. The Hall–Kier alpha value is -3.62. The molecule has 9 aliphatic heterocycles. The lowest BCUT2D eigenvalue weighted by Crippen LogP contribution is -2.71. The molecule has 0 spiro atoms. The van der Waals surface area contributed by atoms with Crippen LogP contribution in [0.3, 0.4) is 0 Å². The first kappa shape index (κ1) is 118. The van der Waals surface area contributed by atoms with Gasteiger partial charge in [-0.1, -0.05) is 101 Å². The monoisotopic (exact) mass is 2100 g/mol. The summed E-state index contributed by atoms with van der Waals surface area (Å²) in [6.45, 7) is 18.9. The summed E-state index contributed by atoms with van der Waals surface area (Å²) in [5.74, 6) is -5.23. The Morgan fingerprint density at radius 1 is 0.493 bits per heavy atom. The van der Waals surface area contributed by atoms with Gasteiger partial charge in [0.25, 0.3) is 0 Å². The molecule has 47 nitrogen and oxygen atoms in total. The number of hydrogen-bond donors (Lipinski definition) is 25. The lowest BCUT2D eigenvalue weighted by Gasteiger charge is -2.71. The number of carbonyl (C=O) groups is 4. The third-order valence-corrected chi connectivity index (χ3v) is 35.9. The Morgan fingerprint density at radius 3 is 1.66 bits per heavy atom. The minimum Gasteiger partial charge on any atom is -0.432 e. The van der Waals surface area contributed by atoms with Crippen molar-refractivity contribution in [1.29, 1.82) is 0 Å². The van der Waals surface area contributed by atoms with Crippen LogP contribution >= 0.6 is 0 Å². The predicted octanol–water partition coefficient (Wildman–Crippen LogP) is -5.66. The van der Waals surface area contributed by atoms with Crippen molar-refractivity contribution in [2.45, 2.75) is 469 Å². The molecule has 25 N–H and O–H groups in total. The van der Waals surface area contributed by atoms with Gasteiger partial charge in [-0.2, -0.15) is 0 Å². The number of esters is 1. The molecule has 840 valence electrons. The molecule has 47 heteroatoms. The van der Waals surface area contributed by atoms with E-state index in [1.165, 1.54) is 13.8 Å². The van der Waals surface area contributed by atoms with Crippen molar-refractivity contribution < 1.29 is 227 Å². The molecule has 55 atom stereocenters. The molecular weight excluding hydrogens is 1940 g/mol. The number of allylic oxidation sites excluding steroid dienone is 2. The third kappa shape index (κ3) is 23.0. The number of ether oxygens (including phenoxy) is 18. The van der Waals surface area contributed by atoms with E-state index in [2.05, 4.69) is 32.2 Å². The largest absolute Gasteiger partial charge is 0.432 e. The van der Waals surface area contributed by atoms with Gasteiger partial charge >= 0.3 is 5.97 Å². The van der Waals surface area contributed by atoms with E-state index in [-0.39, 0.29) is 69.1 Å². The zero-order valence-corrected chi connectivity index (χ0v) is 85.1. The van der Waals surface area contributed by atoms with Crippen molar-refractivity contribution in [3.8, 4) is 0 Å². The van der Waals surface area contributed by atoms with Gasteiger partial charge in [-0.15, -0.1) is 0 Å². The van der Waals surface area contributed by atoms with E-state index >= 15 is 9.59 Å². The zero-order chi connectivity index (χ0) is 107. The highest BCUT2D eigenvalue weighted by molar-refractivity contribution is 5.81. The second kappa shape index (κ2) is 47.4. The molecule has 13 fully saturated rings. The lowest BCUT2D eigenvalue weighted by molar-refractivity contribution is -0.386. The SMILES string of the molecule is CC[C@@H]1O[C@@H](O[C@@H](C[C@H](O)CC(=O)C[C@@H](C[C@H](O)CC(=O)N[C@H]2C(CO)O[C@@H](OC(=O)[C@]34CCC(C)(C)CC3C3=CCC5C6(C)CC[C@H](O[C@@H]7OC[C@@H](O)[C@H](O[C@@H]8OC[C@@H](O)[C@H](O)C8O)C7O[C@@H]7OC(CO)[C@H](O)[C@H](O)C7O)[C@](C)(C=O)[C@@H]6CC[C@]5(C)[C@]3(C)CC4O)[C@H](O[C@@H]3OC(C)[C@H](O[C@@H]4OC[C@@H](O)C(O[C@@H]5OCC(O)(CO)[C@@H]5O)[C@H]4O)C(O)[C@@H]3O)C2O[C@@H]2OC(C)[C@H](O)[C@H](O)C2O)[C@H](C)CC)[C@H](C)CC)[C@@H](O)C1O. The van der Waals surface area contributed by atoms with E-state index < -0.39 is 390 Å². The second-order valence-electron chi connectivity index (χ2n) is 45.8. The van der Waals surface area contributed by atoms with Gasteiger partial charge < -0.3 is 218 Å². The summed E-state index contributed by atoms with van der Waals surface area (Å²) in [6, 6.07) is -1.84. The molecule has 9 heterocycles. The minimum atomic E-state index is -2.31. The molecule has 1 amide bonds. The van der Waals surface area contributed by atoms with E-state index in [1.807, 2.05) is 41.5 Å². The summed E-state index contributed by atoms with van der Waals surface area (Å²) < 4.78 is 112. The smallest absolute Gasteiger partial charge is 0.317 e. The summed E-state index contributed by atoms with van der Waals surface area (Å²) in [6.07, 6.45) is -66.9. The van der Waals surface area contributed by atoms with Crippen LogP contribution in [0, 0.1) is 68.0 Å². The standard InChI is InChI=1S/C99H163NO46/c1-14-40(4)44(25-45(105)27-47(107)28-54(41(5)15-2)136-87-71(121)65(115)53(16-3)135-87)26-46(106)29-61(112)100-62-55(32-101)137-90(81(79(62)143-85-72(122)67(117)63(113)42(6)133-85)145-86-74(124)69(119)76(43(7)134-86)140-84-75(125)77(51(109)35-130-84)141-91-82(126)98(128,38-104)39-132-91)146-92(127)99-24-23-93(8,9)30-49(99)48-17-18-58-94(10)21-20-60(95(11,37-103)57(94)19-22-96(58,12)97(48,13)31-59(99)111)139-89-80(144-88-73(123)68(118)66(116)56(33-102)138-88)78(52(110)36-131-89)142-83-70(120)64(114)50(108)34-129-83/h17,37,40-44,46-47,49-60,62-91,101-102,104,106-111,113-126,128H,14-16,18-36,38-39H2,1-13H3,(H,100,112)/t40-,41-,42?,43?,44+,46+,47-,49?,50-,51-,52-,53+,54+,55?,56?,57-,58?,59?,60+,62+,63+,64+,65?,66+,67+,68+,69?,70?,71+,72?,73?,74+,75-,76+,77?,78+,79?,80?,81-,82-,83+,84+,85+,86+,87+,88+,89+,90+,91+,94?,95-,96+,97-,98?,99-/m1/s1. The number of carbonyl (C=O) groups excluding carboxylic acids is 4. The van der Waals surface area contributed by atoms with Gasteiger partial charge in [0.1, 0.15) is 170 Å². The molecule has 146 heavy (non-hydrogen) atoms. The van der Waals surface area contributed by atoms with Gasteiger partial charge in [0, 0.05) is 19.3 Å². The molecule has 0 aromatic carbocycles.